The third kappa shape index (κ3) is 3.08. The number of hydrogen-bond acceptors (Lipinski definition) is 3. The number of alkyl halides is 2. The van der Waals surface area contributed by atoms with Crippen LogP contribution in [0.4, 0.5) is 8.78 Å². The molecule has 0 aromatic carbocycles. The van der Waals surface area contributed by atoms with E-state index >= 15 is 0 Å². The summed E-state index contributed by atoms with van der Waals surface area (Å²) in [6.07, 6.45) is -3.39. The molecule has 0 saturated heterocycles. The van der Waals surface area contributed by atoms with E-state index in [0.717, 1.165) is 0 Å². The summed E-state index contributed by atoms with van der Waals surface area (Å²) in [6, 6.07) is 0. The number of nitrogens with zero attached hydrogens (tertiary/aromatic N) is 2. The Balaban J connectivity index is 4.64. The molecule has 0 N–H and O–H groups in total. The lowest BCUT2D eigenvalue weighted by molar-refractivity contribution is -0.143. The second kappa shape index (κ2) is 5.10. The maximum atomic E-state index is 11.7. The minimum Gasteiger partial charge on any atom is -0.457 e. The molecule has 0 aromatic heterocycles. The van der Waals surface area contributed by atoms with Gasteiger partial charge in [0.25, 0.3) is 0 Å². The fourth-order valence-corrected chi connectivity index (χ4v) is 0.494. The Morgan fingerprint density at radius 1 is 1.54 bits per heavy atom. The number of esters is 1. The van der Waals surface area contributed by atoms with Gasteiger partial charge in [-0.1, -0.05) is 0 Å². The van der Waals surface area contributed by atoms with Crippen LogP contribution >= 0.6 is 0 Å². The monoisotopic (exact) mass is 192 g/mol. The van der Waals surface area contributed by atoms with Gasteiger partial charge in [0.1, 0.15) is 0 Å². The fourth-order valence-electron chi connectivity index (χ4n) is 0.494. The van der Waals surface area contributed by atoms with Crippen LogP contribution in [0.1, 0.15) is 6.92 Å². The third-order valence-corrected chi connectivity index (χ3v) is 1.00. The van der Waals surface area contributed by atoms with Gasteiger partial charge in [-0.05, 0) is 6.92 Å². The molecule has 0 heterocycles. The van der Waals surface area contributed by atoms with Crippen molar-refractivity contribution in [3.63, 3.8) is 0 Å². The molecule has 0 amide bonds. The lowest BCUT2D eigenvalue weighted by Gasteiger charge is -1.95. The summed E-state index contributed by atoms with van der Waals surface area (Å²) in [4.78, 5) is 23.2. The van der Waals surface area contributed by atoms with Gasteiger partial charge in [0.15, 0.2) is 0 Å². The molecule has 0 aliphatic carbocycles. The van der Waals surface area contributed by atoms with E-state index in [9.17, 15) is 18.4 Å². The van der Waals surface area contributed by atoms with Crippen molar-refractivity contribution in [1.29, 1.82) is 0 Å². The van der Waals surface area contributed by atoms with E-state index in [0.29, 0.717) is 0 Å². The van der Waals surface area contributed by atoms with Crippen LogP contribution in [0.15, 0.2) is 0 Å². The standard InChI is InChI=1S/C6H6F2N2O3/c1-2-13-6(12)3(10-9)4(11)5(7)8/h5H,2H2,1H3. The Morgan fingerprint density at radius 2 is 2.08 bits per heavy atom. The molecule has 72 valence electrons. The van der Waals surface area contributed by atoms with E-state index in [2.05, 4.69) is 9.53 Å². The Bertz CT molecular complexity index is 271. The predicted molar refractivity (Wildman–Crippen MR) is 36.3 cm³/mol. The number of carbonyl (C=O) groups excluding carboxylic acids is 2. The number of ketones is 1. The Morgan fingerprint density at radius 3 is 2.38 bits per heavy atom. The van der Waals surface area contributed by atoms with E-state index < -0.39 is 23.9 Å². The van der Waals surface area contributed by atoms with E-state index in [-0.39, 0.29) is 6.61 Å². The van der Waals surface area contributed by atoms with E-state index in [1.165, 1.54) is 6.92 Å². The highest BCUT2D eigenvalue weighted by atomic mass is 19.3. The molecule has 0 radical (unpaired) electrons. The average molecular weight is 192 g/mol. The van der Waals surface area contributed by atoms with Crippen molar-refractivity contribution in [2.75, 3.05) is 6.61 Å². The molecule has 0 bridgehead atoms. The summed E-state index contributed by atoms with van der Waals surface area (Å²) < 4.78 is 27.6. The van der Waals surface area contributed by atoms with Gasteiger partial charge in [-0.15, -0.1) is 0 Å². The molecule has 0 aliphatic rings. The molecule has 0 fully saturated rings. The predicted octanol–water partition coefficient (Wildman–Crippen LogP) is 0.0545. The normalized spacial score (nSPS) is 9.23. The second-order valence-corrected chi connectivity index (χ2v) is 1.83. The summed E-state index contributed by atoms with van der Waals surface area (Å²) in [5.41, 5.74) is 6.78. The summed E-state index contributed by atoms with van der Waals surface area (Å²) in [6.45, 7) is 1.31. The first-order valence-electron chi connectivity index (χ1n) is 3.26. The molecule has 0 atom stereocenters. The van der Waals surface area contributed by atoms with Crippen molar-refractivity contribution >= 4 is 17.5 Å². The van der Waals surface area contributed by atoms with Crippen molar-refractivity contribution in [2.24, 2.45) is 0 Å². The van der Waals surface area contributed by atoms with Crippen molar-refractivity contribution in [2.45, 2.75) is 13.3 Å². The van der Waals surface area contributed by atoms with E-state index in [1.807, 2.05) is 0 Å². The minimum absolute atomic E-state index is 0.103. The summed E-state index contributed by atoms with van der Waals surface area (Å²) in [5.74, 6) is -3.23. The van der Waals surface area contributed by atoms with Gasteiger partial charge in [-0.25, -0.2) is 13.6 Å². The summed E-state index contributed by atoms with van der Waals surface area (Å²) >= 11 is 0. The molecular weight excluding hydrogens is 186 g/mol. The van der Waals surface area contributed by atoms with Crippen molar-refractivity contribution in [3.05, 3.63) is 5.53 Å². The van der Waals surface area contributed by atoms with Crippen LogP contribution in [-0.4, -0.2) is 35.3 Å². The SMILES string of the molecule is CCOC(=O)C(=[N+]=[N-])C(=O)C(F)F. The van der Waals surface area contributed by atoms with Gasteiger partial charge in [0, 0.05) is 0 Å². The number of ether oxygens (including phenoxy) is 1. The zero-order valence-corrected chi connectivity index (χ0v) is 6.66. The Kier molecular flexibility index (Phi) is 4.47. The first-order chi connectivity index (χ1) is 6.04. The van der Waals surface area contributed by atoms with Crippen LogP contribution in [-0.2, 0) is 14.3 Å². The topological polar surface area (TPSA) is 79.8 Å². The maximum Gasteiger partial charge on any atom is 0.447 e. The Hall–Kier alpha value is -1.62. The number of Topliss-reactive ketones (excluding diaryl/α,β-unsaturated/α-hetero) is 1. The van der Waals surface area contributed by atoms with Crippen LogP contribution in [0.5, 0.6) is 0 Å². The van der Waals surface area contributed by atoms with Gasteiger partial charge in [-0.2, -0.15) is 4.79 Å². The summed E-state index contributed by atoms with van der Waals surface area (Å²) in [5, 5.41) is 0. The third-order valence-electron chi connectivity index (χ3n) is 1.00. The smallest absolute Gasteiger partial charge is 0.447 e. The van der Waals surface area contributed by atoms with Gasteiger partial charge in [0.05, 0.1) is 6.61 Å². The molecule has 0 unspecified atom stereocenters. The fraction of sp³-hybridized carbons (Fsp3) is 0.500. The molecule has 5 nitrogen and oxygen atoms in total. The van der Waals surface area contributed by atoms with Crippen LogP contribution in [0.2, 0.25) is 0 Å². The molecule has 0 aromatic rings. The van der Waals surface area contributed by atoms with E-state index in [1.54, 1.807) is 0 Å². The van der Waals surface area contributed by atoms with Crippen LogP contribution in [0.25, 0.3) is 5.53 Å². The van der Waals surface area contributed by atoms with E-state index in [4.69, 9.17) is 5.53 Å². The van der Waals surface area contributed by atoms with Crippen molar-refractivity contribution in [3.8, 4) is 0 Å². The highest BCUT2D eigenvalue weighted by molar-refractivity contribution is 6.63. The quantitative estimate of drug-likeness (QED) is 0.207. The maximum absolute atomic E-state index is 11.7. The minimum atomic E-state index is -3.39. The highest BCUT2D eigenvalue weighted by Crippen LogP contribution is 1.96. The van der Waals surface area contributed by atoms with Crippen LogP contribution in [0.3, 0.4) is 0 Å². The second-order valence-electron chi connectivity index (χ2n) is 1.83. The molecule has 13 heavy (non-hydrogen) atoms. The lowest BCUT2D eigenvalue weighted by atomic mass is 10.2. The van der Waals surface area contributed by atoms with Crippen LogP contribution < -0.4 is 0 Å². The zero-order valence-electron chi connectivity index (χ0n) is 6.66. The molecule has 0 aliphatic heterocycles. The van der Waals surface area contributed by atoms with Gasteiger partial charge in [-0.3, -0.25) is 4.79 Å². The molecule has 7 heteroatoms. The molecular formula is C6H6F2N2O3. The number of halogens is 2. The first-order valence-corrected chi connectivity index (χ1v) is 3.26. The van der Waals surface area contributed by atoms with Gasteiger partial charge < -0.3 is 10.3 Å². The van der Waals surface area contributed by atoms with Crippen molar-refractivity contribution < 1.29 is 27.9 Å². The number of carbonyl (C=O) groups is 2. The van der Waals surface area contributed by atoms with Gasteiger partial charge >= 0.3 is 23.9 Å². The van der Waals surface area contributed by atoms with Crippen molar-refractivity contribution in [1.82, 2.24) is 0 Å². The average Bonchev–Trinajstić information content (AvgIpc) is 2.05. The number of hydrogen-bond donors (Lipinski definition) is 0. The van der Waals surface area contributed by atoms with Crippen LogP contribution in [0, 0.1) is 0 Å². The number of rotatable bonds is 4. The molecule has 0 rings (SSSR count). The van der Waals surface area contributed by atoms with Gasteiger partial charge in [0.2, 0.25) is 0 Å². The lowest BCUT2D eigenvalue weighted by Crippen LogP contribution is -2.31. The largest absolute Gasteiger partial charge is 0.457 e. The zero-order chi connectivity index (χ0) is 10.4. The molecule has 0 saturated carbocycles. The molecule has 0 spiro atoms. The highest BCUT2D eigenvalue weighted by Gasteiger charge is 2.37. The summed E-state index contributed by atoms with van der Waals surface area (Å²) in [7, 11) is 0. The first kappa shape index (κ1) is 11.4. The Labute approximate surface area is 71.9 Å².